The van der Waals surface area contributed by atoms with Crippen LogP contribution in [0.4, 0.5) is 0 Å². The molecule has 0 radical (unpaired) electrons. The second kappa shape index (κ2) is 5.33. The molecular formula is C16H22N2O. The number of nitrogens with one attached hydrogen (secondary N) is 1. The Bertz CT molecular complexity index is 466. The van der Waals surface area contributed by atoms with Gasteiger partial charge in [-0.05, 0) is 43.4 Å². The molecule has 1 heterocycles. The van der Waals surface area contributed by atoms with Crippen molar-refractivity contribution >= 4 is 5.91 Å². The van der Waals surface area contributed by atoms with E-state index in [1.54, 1.807) is 0 Å². The molecule has 0 saturated carbocycles. The predicted molar refractivity (Wildman–Crippen MR) is 76.2 cm³/mol. The highest BCUT2D eigenvalue weighted by atomic mass is 16.2. The maximum absolute atomic E-state index is 12.7. The van der Waals surface area contributed by atoms with Gasteiger partial charge in [0.15, 0.2) is 0 Å². The van der Waals surface area contributed by atoms with Gasteiger partial charge in [0.2, 0.25) is 5.91 Å². The van der Waals surface area contributed by atoms with Crippen molar-refractivity contribution in [3.63, 3.8) is 0 Å². The third-order valence-electron chi connectivity index (χ3n) is 4.60. The first kappa shape index (κ1) is 12.7. The Balaban J connectivity index is 1.80. The molecule has 1 aromatic rings. The summed E-state index contributed by atoms with van der Waals surface area (Å²) in [5.74, 6) is 0.386. The van der Waals surface area contributed by atoms with Crippen LogP contribution in [0, 0.1) is 0 Å². The van der Waals surface area contributed by atoms with Crippen LogP contribution in [0.15, 0.2) is 24.3 Å². The van der Waals surface area contributed by atoms with Gasteiger partial charge in [-0.25, -0.2) is 0 Å². The summed E-state index contributed by atoms with van der Waals surface area (Å²) < 4.78 is 0. The fourth-order valence-electron chi connectivity index (χ4n) is 3.41. The van der Waals surface area contributed by atoms with Crippen LogP contribution in [0.1, 0.15) is 36.3 Å². The summed E-state index contributed by atoms with van der Waals surface area (Å²) in [5.41, 5.74) is 2.63. The highest BCUT2D eigenvalue weighted by Crippen LogP contribution is 2.33. The lowest BCUT2D eigenvalue weighted by Gasteiger charge is -2.31. The van der Waals surface area contributed by atoms with E-state index < -0.39 is 0 Å². The van der Waals surface area contributed by atoms with Gasteiger partial charge in [-0.3, -0.25) is 4.79 Å². The minimum Gasteiger partial charge on any atom is -0.341 e. The highest BCUT2D eigenvalue weighted by Gasteiger charge is 2.32. The zero-order valence-electron chi connectivity index (χ0n) is 11.6. The lowest BCUT2D eigenvalue weighted by atomic mass is 9.82. The van der Waals surface area contributed by atoms with E-state index in [4.69, 9.17) is 0 Å². The molecule has 19 heavy (non-hydrogen) atoms. The molecule has 2 atom stereocenters. The number of hydrogen-bond donors (Lipinski definition) is 1. The zero-order chi connectivity index (χ0) is 13.2. The van der Waals surface area contributed by atoms with Crippen molar-refractivity contribution in [2.45, 2.75) is 37.6 Å². The Morgan fingerprint density at radius 2 is 2.16 bits per heavy atom. The van der Waals surface area contributed by atoms with E-state index in [1.165, 1.54) is 11.1 Å². The molecule has 2 aliphatic rings. The number of amides is 1. The van der Waals surface area contributed by atoms with Crippen LogP contribution in [0.5, 0.6) is 0 Å². The molecular weight excluding hydrogens is 236 g/mol. The fourth-order valence-corrected chi connectivity index (χ4v) is 3.41. The number of nitrogens with zero attached hydrogens (tertiary/aromatic N) is 1. The van der Waals surface area contributed by atoms with Gasteiger partial charge in [-0.1, -0.05) is 24.3 Å². The van der Waals surface area contributed by atoms with Gasteiger partial charge in [0.1, 0.15) is 0 Å². The lowest BCUT2D eigenvalue weighted by Crippen LogP contribution is -2.41. The maximum Gasteiger partial charge on any atom is 0.230 e. The van der Waals surface area contributed by atoms with Gasteiger partial charge in [0, 0.05) is 19.6 Å². The molecule has 0 bridgehead atoms. The SMILES string of the molecule is CN(C(=O)C1CCCc2ccccc21)C1CCNC1. The van der Waals surface area contributed by atoms with Gasteiger partial charge in [0.25, 0.3) is 0 Å². The average molecular weight is 258 g/mol. The standard InChI is InChI=1S/C16H22N2O/c1-18(13-9-10-17-11-13)16(19)15-8-4-6-12-5-2-3-7-14(12)15/h2-3,5,7,13,15,17H,4,6,8-11H2,1H3. The van der Waals surface area contributed by atoms with Crippen LogP contribution in [0.25, 0.3) is 0 Å². The van der Waals surface area contributed by atoms with Crippen molar-refractivity contribution in [1.29, 1.82) is 0 Å². The second-order valence-corrected chi connectivity index (χ2v) is 5.74. The molecule has 2 unspecified atom stereocenters. The van der Waals surface area contributed by atoms with Crippen LogP contribution in [-0.2, 0) is 11.2 Å². The molecule has 1 aliphatic carbocycles. The number of carbonyl (C=O) groups is 1. The Morgan fingerprint density at radius 3 is 2.95 bits per heavy atom. The van der Waals surface area contributed by atoms with Crippen molar-refractivity contribution < 1.29 is 4.79 Å². The summed E-state index contributed by atoms with van der Waals surface area (Å²) in [5, 5.41) is 3.34. The highest BCUT2D eigenvalue weighted by molar-refractivity contribution is 5.84. The quantitative estimate of drug-likeness (QED) is 0.879. The molecule has 1 N–H and O–H groups in total. The van der Waals surface area contributed by atoms with E-state index in [1.807, 2.05) is 11.9 Å². The van der Waals surface area contributed by atoms with Crippen LogP contribution >= 0.6 is 0 Å². The number of hydrogen-bond acceptors (Lipinski definition) is 2. The number of carbonyl (C=O) groups excluding carboxylic acids is 1. The molecule has 3 rings (SSSR count). The predicted octanol–water partition coefficient (Wildman–Crippen LogP) is 1.93. The Kier molecular flexibility index (Phi) is 3.56. The molecule has 1 fully saturated rings. The first-order valence-electron chi connectivity index (χ1n) is 7.32. The number of benzene rings is 1. The largest absolute Gasteiger partial charge is 0.341 e. The molecule has 1 amide bonds. The molecule has 3 heteroatoms. The van der Waals surface area contributed by atoms with E-state index in [9.17, 15) is 4.79 Å². The Morgan fingerprint density at radius 1 is 1.32 bits per heavy atom. The first-order valence-corrected chi connectivity index (χ1v) is 7.32. The normalized spacial score (nSPS) is 25.9. The van der Waals surface area contributed by atoms with Gasteiger partial charge in [0.05, 0.1) is 5.92 Å². The van der Waals surface area contributed by atoms with Gasteiger partial charge < -0.3 is 10.2 Å². The molecule has 0 spiro atoms. The first-order chi connectivity index (χ1) is 9.27. The minimum atomic E-state index is 0.0792. The molecule has 3 nitrogen and oxygen atoms in total. The number of rotatable bonds is 2. The van der Waals surface area contributed by atoms with Gasteiger partial charge in [-0.2, -0.15) is 0 Å². The van der Waals surface area contributed by atoms with Gasteiger partial charge >= 0.3 is 0 Å². The van der Waals surface area contributed by atoms with E-state index in [-0.39, 0.29) is 5.92 Å². The van der Waals surface area contributed by atoms with Crippen molar-refractivity contribution in [1.82, 2.24) is 10.2 Å². The van der Waals surface area contributed by atoms with Crippen LogP contribution < -0.4 is 5.32 Å². The third kappa shape index (κ3) is 2.39. The molecule has 1 aliphatic heterocycles. The van der Waals surface area contributed by atoms with E-state index in [0.717, 1.165) is 38.8 Å². The van der Waals surface area contributed by atoms with Gasteiger partial charge in [-0.15, -0.1) is 0 Å². The lowest BCUT2D eigenvalue weighted by molar-refractivity contribution is -0.133. The summed E-state index contributed by atoms with van der Waals surface area (Å²) in [6, 6.07) is 8.82. The van der Waals surface area contributed by atoms with E-state index >= 15 is 0 Å². The van der Waals surface area contributed by atoms with Crippen LogP contribution in [-0.4, -0.2) is 37.0 Å². The van der Waals surface area contributed by atoms with Crippen molar-refractivity contribution in [2.75, 3.05) is 20.1 Å². The zero-order valence-corrected chi connectivity index (χ0v) is 11.6. The van der Waals surface area contributed by atoms with Crippen LogP contribution in [0.2, 0.25) is 0 Å². The molecule has 1 aromatic carbocycles. The number of likely N-dealkylation sites (N-methyl/N-ethyl adjacent to an activating group) is 1. The Hall–Kier alpha value is -1.35. The molecule has 0 aromatic heterocycles. The van der Waals surface area contributed by atoms with Crippen molar-refractivity contribution in [3.05, 3.63) is 35.4 Å². The smallest absolute Gasteiger partial charge is 0.230 e. The average Bonchev–Trinajstić information content (AvgIpc) is 2.99. The van der Waals surface area contributed by atoms with Crippen molar-refractivity contribution in [3.8, 4) is 0 Å². The molecule has 1 saturated heterocycles. The van der Waals surface area contributed by atoms with Crippen LogP contribution in [0.3, 0.4) is 0 Å². The molecule has 102 valence electrons. The third-order valence-corrected chi connectivity index (χ3v) is 4.60. The summed E-state index contributed by atoms with van der Waals surface area (Å²) in [7, 11) is 1.97. The van der Waals surface area contributed by atoms with Crippen molar-refractivity contribution in [2.24, 2.45) is 0 Å². The monoisotopic (exact) mass is 258 g/mol. The summed E-state index contributed by atoms with van der Waals surface area (Å²) in [6.45, 7) is 1.97. The summed E-state index contributed by atoms with van der Waals surface area (Å²) in [4.78, 5) is 14.7. The fraction of sp³-hybridized carbons (Fsp3) is 0.562. The Labute approximate surface area is 115 Å². The van der Waals surface area contributed by atoms with E-state index in [2.05, 4.69) is 29.6 Å². The second-order valence-electron chi connectivity index (χ2n) is 5.74. The van der Waals surface area contributed by atoms with E-state index in [0.29, 0.717) is 11.9 Å². The number of fused-ring (bicyclic) bond motifs is 1. The maximum atomic E-state index is 12.7. The summed E-state index contributed by atoms with van der Waals surface area (Å²) >= 11 is 0. The number of aryl methyl sites for hydroxylation is 1. The topological polar surface area (TPSA) is 32.3 Å². The summed E-state index contributed by atoms with van der Waals surface area (Å²) in [6.07, 6.45) is 4.33. The minimum absolute atomic E-state index is 0.0792.